The minimum Gasteiger partial charge on any atom is -0.494 e. The fourth-order valence-corrected chi connectivity index (χ4v) is 3.51. The lowest BCUT2D eigenvalue weighted by molar-refractivity contribution is -0.120. The first kappa shape index (κ1) is 20.9. The molecule has 0 radical (unpaired) electrons. The molecule has 0 spiro atoms. The number of anilines is 1. The number of aliphatic hydroxyl groups is 1. The standard InChI is InChI=1S/C22H23ClN2O4/c1-4-29-16-10-8-15(9-11-16)19-20(24(3)12-13-26)22(28)25(21(19)27)18-7-5-6-17(23)14(18)2/h5-11,26H,4,12-13H2,1-3H3. The second kappa shape index (κ2) is 8.68. The first-order valence-electron chi connectivity index (χ1n) is 9.34. The zero-order chi connectivity index (χ0) is 21.1. The van der Waals surface area contributed by atoms with E-state index < -0.39 is 11.8 Å². The Bertz CT molecular complexity index is 969. The van der Waals surface area contributed by atoms with Crippen LogP contribution in [0.5, 0.6) is 5.75 Å². The Morgan fingerprint density at radius 3 is 2.41 bits per heavy atom. The van der Waals surface area contributed by atoms with Gasteiger partial charge >= 0.3 is 0 Å². The van der Waals surface area contributed by atoms with E-state index in [0.29, 0.717) is 34.2 Å². The van der Waals surface area contributed by atoms with Crippen molar-refractivity contribution >= 4 is 34.7 Å². The van der Waals surface area contributed by atoms with Crippen molar-refractivity contribution in [2.75, 3.05) is 31.7 Å². The van der Waals surface area contributed by atoms with Crippen LogP contribution < -0.4 is 9.64 Å². The summed E-state index contributed by atoms with van der Waals surface area (Å²) >= 11 is 6.22. The molecule has 0 unspecified atom stereocenters. The second-order valence-corrected chi connectivity index (χ2v) is 7.06. The fraction of sp³-hybridized carbons (Fsp3) is 0.273. The molecule has 152 valence electrons. The van der Waals surface area contributed by atoms with Crippen LogP contribution in [0.4, 0.5) is 5.69 Å². The maximum absolute atomic E-state index is 13.4. The summed E-state index contributed by atoms with van der Waals surface area (Å²) in [6.07, 6.45) is 0. The van der Waals surface area contributed by atoms with Crippen molar-refractivity contribution in [3.8, 4) is 5.75 Å². The Kier molecular flexibility index (Phi) is 6.25. The largest absolute Gasteiger partial charge is 0.494 e. The van der Waals surface area contributed by atoms with Gasteiger partial charge in [0.25, 0.3) is 11.8 Å². The van der Waals surface area contributed by atoms with Gasteiger partial charge in [-0.2, -0.15) is 0 Å². The number of imide groups is 1. The second-order valence-electron chi connectivity index (χ2n) is 6.66. The zero-order valence-electron chi connectivity index (χ0n) is 16.6. The molecule has 0 fully saturated rings. The van der Waals surface area contributed by atoms with Crippen LogP contribution in [0.3, 0.4) is 0 Å². The van der Waals surface area contributed by atoms with Gasteiger partial charge in [0.2, 0.25) is 0 Å². The van der Waals surface area contributed by atoms with Crippen molar-refractivity contribution < 1.29 is 19.4 Å². The number of nitrogens with zero attached hydrogens (tertiary/aromatic N) is 2. The summed E-state index contributed by atoms with van der Waals surface area (Å²) in [5.41, 5.74) is 2.23. The third-order valence-electron chi connectivity index (χ3n) is 4.81. The van der Waals surface area contributed by atoms with Crippen LogP contribution in [-0.2, 0) is 9.59 Å². The minimum absolute atomic E-state index is 0.145. The van der Waals surface area contributed by atoms with E-state index in [4.69, 9.17) is 16.3 Å². The number of ether oxygens (including phenoxy) is 1. The summed E-state index contributed by atoms with van der Waals surface area (Å²) in [5.74, 6) is -0.189. The topological polar surface area (TPSA) is 70.1 Å². The molecule has 1 aliphatic rings. The number of halogens is 1. The molecule has 0 atom stereocenters. The van der Waals surface area contributed by atoms with Gasteiger partial charge in [0.05, 0.1) is 24.5 Å². The van der Waals surface area contributed by atoms with Crippen LogP contribution in [0.15, 0.2) is 48.2 Å². The number of carbonyl (C=O) groups is 2. The number of benzene rings is 2. The van der Waals surface area contributed by atoms with Gasteiger partial charge in [-0.15, -0.1) is 0 Å². The number of hydrogen-bond acceptors (Lipinski definition) is 5. The Balaban J connectivity index is 2.11. The lowest BCUT2D eigenvalue weighted by Gasteiger charge is -2.21. The summed E-state index contributed by atoms with van der Waals surface area (Å²) in [6.45, 7) is 4.27. The van der Waals surface area contributed by atoms with Crippen molar-refractivity contribution in [2.45, 2.75) is 13.8 Å². The Morgan fingerprint density at radius 2 is 1.79 bits per heavy atom. The molecule has 1 heterocycles. The molecule has 0 bridgehead atoms. The maximum Gasteiger partial charge on any atom is 0.282 e. The van der Waals surface area contributed by atoms with Gasteiger partial charge < -0.3 is 14.7 Å². The van der Waals surface area contributed by atoms with Crippen LogP contribution in [0.25, 0.3) is 5.57 Å². The number of amides is 2. The van der Waals surface area contributed by atoms with Crippen LogP contribution >= 0.6 is 11.6 Å². The van der Waals surface area contributed by atoms with Gasteiger partial charge in [0.15, 0.2) is 0 Å². The van der Waals surface area contributed by atoms with E-state index in [9.17, 15) is 14.7 Å². The Labute approximate surface area is 174 Å². The molecule has 1 aliphatic heterocycles. The predicted octanol–water partition coefficient (Wildman–Crippen LogP) is 3.26. The van der Waals surface area contributed by atoms with Crippen molar-refractivity contribution in [3.63, 3.8) is 0 Å². The SMILES string of the molecule is CCOc1ccc(C2=C(N(C)CCO)C(=O)N(c3cccc(Cl)c3C)C2=O)cc1. The first-order chi connectivity index (χ1) is 13.9. The van der Waals surface area contributed by atoms with Crippen LogP contribution in [0, 0.1) is 6.92 Å². The summed E-state index contributed by atoms with van der Waals surface area (Å²) < 4.78 is 5.47. The molecule has 29 heavy (non-hydrogen) atoms. The molecular formula is C22H23ClN2O4. The van der Waals surface area contributed by atoms with Gasteiger partial charge in [0.1, 0.15) is 11.4 Å². The van der Waals surface area contributed by atoms with Crippen molar-refractivity contribution in [3.05, 3.63) is 64.3 Å². The van der Waals surface area contributed by atoms with Gasteiger partial charge in [-0.1, -0.05) is 29.8 Å². The van der Waals surface area contributed by atoms with Crippen LogP contribution in [-0.4, -0.2) is 48.6 Å². The van der Waals surface area contributed by atoms with Gasteiger partial charge in [-0.05, 0) is 49.2 Å². The van der Waals surface area contributed by atoms with E-state index in [1.165, 1.54) is 0 Å². The van der Waals surface area contributed by atoms with Crippen molar-refractivity contribution in [1.29, 1.82) is 0 Å². The molecule has 6 nitrogen and oxygen atoms in total. The Hall–Kier alpha value is -2.83. The summed E-state index contributed by atoms with van der Waals surface area (Å²) in [4.78, 5) is 29.5. The highest BCUT2D eigenvalue weighted by atomic mass is 35.5. The third-order valence-corrected chi connectivity index (χ3v) is 5.22. The van der Waals surface area contributed by atoms with Crippen molar-refractivity contribution in [2.24, 2.45) is 0 Å². The van der Waals surface area contributed by atoms with E-state index in [1.807, 2.05) is 6.92 Å². The molecule has 2 amide bonds. The van der Waals surface area contributed by atoms with Gasteiger partial charge in [-0.3, -0.25) is 9.59 Å². The molecule has 3 rings (SSSR count). The Morgan fingerprint density at radius 1 is 1.10 bits per heavy atom. The van der Waals surface area contributed by atoms with Gasteiger partial charge in [0, 0.05) is 18.6 Å². The normalized spacial score (nSPS) is 14.0. The quantitative estimate of drug-likeness (QED) is 0.704. The lowest BCUT2D eigenvalue weighted by atomic mass is 10.0. The van der Waals surface area contributed by atoms with E-state index in [-0.39, 0.29) is 24.4 Å². The van der Waals surface area contributed by atoms with Crippen LogP contribution in [0.1, 0.15) is 18.1 Å². The average molecular weight is 415 g/mol. The number of rotatable bonds is 7. The molecule has 0 aliphatic carbocycles. The molecule has 0 saturated carbocycles. The highest BCUT2D eigenvalue weighted by Crippen LogP contribution is 2.37. The average Bonchev–Trinajstić information content (AvgIpc) is 2.96. The van der Waals surface area contributed by atoms with E-state index in [1.54, 1.807) is 61.3 Å². The van der Waals surface area contributed by atoms with Crippen LogP contribution in [0.2, 0.25) is 5.02 Å². The highest BCUT2D eigenvalue weighted by Gasteiger charge is 2.42. The minimum atomic E-state index is -0.444. The lowest BCUT2D eigenvalue weighted by Crippen LogP contribution is -2.35. The van der Waals surface area contributed by atoms with Crippen molar-refractivity contribution in [1.82, 2.24) is 4.90 Å². The molecule has 0 aromatic heterocycles. The molecule has 0 saturated heterocycles. The molecular weight excluding hydrogens is 392 g/mol. The van der Waals surface area contributed by atoms with E-state index >= 15 is 0 Å². The third kappa shape index (κ3) is 3.86. The number of carbonyl (C=O) groups excluding carboxylic acids is 2. The monoisotopic (exact) mass is 414 g/mol. The summed E-state index contributed by atoms with van der Waals surface area (Å²) in [5, 5.41) is 9.83. The molecule has 2 aromatic rings. The number of likely N-dealkylation sites (N-methyl/N-ethyl adjacent to an activating group) is 1. The van der Waals surface area contributed by atoms with E-state index in [0.717, 1.165) is 4.90 Å². The molecule has 1 N–H and O–H groups in total. The van der Waals surface area contributed by atoms with Gasteiger partial charge in [-0.25, -0.2) is 4.90 Å². The zero-order valence-corrected chi connectivity index (χ0v) is 17.4. The molecule has 2 aromatic carbocycles. The summed E-state index contributed by atoms with van der Waals surface area (Å²) in [7, 11) is 1.68. The highest BCUT2D eigenvalue weighted by molar-refractivity contribution is 6.45. The first-order valence-corrected chi connectivity index (χ1v) is 9.71. The summed E-state index contributed by atoms with van der Waals surface area (Å²) in [6, 6.07) is 12.2. The number of aliphatic hydroxyl groups excluding tert-OH is 1. The fourth-order valence-electron chi connectivity index (χ4n) is 3.34. The van der Waals surface area contributed by atoms with E-state index in [2.05, 4.69) is 0 Å². The number of hydrogen-bond donors (Lipinski definition) is 1. The predicted molar refractivity (Wildman–Crippen MR) is 113 cm³/mol. The molecule has 7 heteroatoms. The smallest absolute Gasteiger partial charge is 0.282 e. The maximum atomic E-state index is 13.4.